The summed E-state index contributed by atoms with van der Waals surface area (Å²) in [4.78, 5) is 12.6. The van der Waals surface area contributed by atoms with Gasteiger partial charge in [0.25, 0.3) is 0 Å². The molecule has 4 rings (SSSR count). The van der Waals surface area contributed by atoms with Gasteiger partial charge in [-0.3, -0.25) is 4.79 Å². The number of carbonyl (C=O) groups excluding carboxylic acids is 1. The van der Waals surface area contributed by atoms with E-state index in [0.29, 0.717) is 17.1 Å². The van der Waals surface area contributed by atoms with Gasteiger partial charge in [-0.15, -0.1) is 0 Å². The summed E-state index contributed by atoms with van der Waals surface area (Å²) in [7, 11) is 0. The summed E-state index contributed by atoms with van der Waals surface area (Å²) in [5, 5.41) is 0. The van der Waals surface area contributed by atoms with E-state index in [9.17, 15) is 4.79 Å². The van der Waals surface area contributed by atoms with Crippen LogP contribution in [0.1, 0.15) is 104 Å². The zero-order chi connectivity index (χ0) is 19.9. The maximum atomic E-state index is 12.6. The third kappa shape index (κ3) is 3.40. The lowest BCUT2D eigenvalue weighted by molar-refractivity contribution is -0.140. The van der Waals surface area contributed by atoms with Crippen LogP contribution in [0.25, 0.3) is 0 Å². The summed E-state index contributed by atoms with van der Waals surface area (Å²) in [5.41, 5.74) is 6.42. The SMILES string of the molecule is CCC(CCN)CC[C@H]1CC[C@@]2(C)C(CCC3C2CC[C@]2(C)C(=O)CCC32)C1. The van der Waals surface area contributed by atoms with Crippen LogP contribution in [-0.2, 0) is 4.79 Å². The second-order valence-corrected chi connectivity index (χ2v) is 11.6. The van der Waals surface area contributed by atoms with Crippen molar-refractivity contribution in [1.29, 1.82) is 0 Å². The number of nitrogens with two attached hydrogens (primary N) is 1. The summed E-state index contributed by atoms with van der Waals surface area (Å²) in [6.07, 6.45) is 17.2. The molecule has 8 atom stereocenters. The molecule has 0 heterocycles. The van der Waals surface area contributed by atoms with Gasteiger partial charge in [-0.25, -0.2) is 0 Å². The molecule has 0 spiro atoms. The average Bonchev–Trinajstić information content (AvgIpc) is 3.00. The van der Waals surface area contributed by atoms with Crippen LogP contribution in [0.5, 0.6) is 0 Å². The van der Waals surface area contributed by atoms with Crippen LogP contribution in [-0.4, -0.2) is 12.3 Å². The first-order chi connectivity index (χ1) is 13.4. The van der Waals surface area contributed by atoms with E-state index in [-0.39, 0.29) is 5.41 Å². The second-order valence-electron chi connectivity index (χ2n) is 11.6. The molecule has 2 heteroatoms. The molecule has 0 saturated heterocycles. The second kappa shape index (κ2) is 8.05. The summed E-state index contributed by atoms with van der Waals surface area (Å²) in [6, 6.07) is 0. The van der Waals surface area contributed by atoms with E-state index in [1.165, 1.54) is 77.0 Å². The van der Waals surface area contributed by atoms with Gasteiger partial charge in [-0.2, -0.15) is 0 Å². The fraction of sp³-hybridized carbons (Fsp3) is 0.962. The highest BCUT2D eigenvalue weighted by molar-refractivity contribution is 5.87. The lowest BCUT2D eigenvalue weighted by Crippen LogP contribution is -2.53. The lowest BCUT2D eigenvalue weighted by atomic mass is 9.44. The van der Waals surface area contributed by atoms with Gasteiger partial charge in [0.05, 0.1) is 0 Å². The number of hydrogen-bond donors (Lipinski definition) is 1. The van der Waals surface area contributed by atoms with Crippen LogP contribution >= 0.6 is 0 Å². The van der Waals surface area contributed by atoms with Crippen LogP contribution in [0.15, 0.2) is 0 Å². The van der Waals surface area contributed by atoms with Crippen molar-refractivity contribution in [3.8, 4) is 0 Å². The lowest BCUT2D eigenvalue weighted by Gasteiger charge is -2.60. The van der Waals surface area contributed by atoms with Gasteiger partial charge in [0, 0.05) is 11.8 Å². The van der Waals surface area contributed by atoms with Crippen LogP contribution in [0.4, 0.5) is 0 Å². The Hall–Kier alpha value is -0.370. The van der Waals surface area contributed by atoms with Crippen LogP contribution in [0, 0.1) is 46.3 Å². The molecule has 28 heavy (non-hydrogen) atoms. The minimum atomic E-state index is 0.0414. The maximum absolute atomic E-state index is 12.6. The number of Topliss-reactive ketones (excluding diaryl/α,β-unsaturated/α-hetero) is 1. The van der Waals surface area contributed by atoms with Crippen molar-refractivity contribution in [2.24, 2.45) is 52.1 Å². The van der Waals surface area contributed by atoms with E-state index in [2.05, 4.69) is 20.8 Å². The highest BCUT2D eigenvalue weighted by Crippen LogP contribution is 2.66. The number of hydrogen-bond acceptors (Lipinski definition) is 2. The summed E-state index contributed by atoms with van der Waals surface area (Å²) < 4.78 is 0. The Kier molecular flexibility index (Phi) is 6.00. The molecule has 4 fully saturated rings. The van der Waals surface area contributed by atoms with Crippen molar-refractivity contribution in [2.45, 2.75) is 104 Å². The zero-order valence-electron chi connectivity index (χ0n) is 18.8. The summed E-state index contributed by atoms with van der Waals surface area (Å²) >= 11 is 0. The molecule has 2 N–H and O–H groups in total. The molecule has 0 amide bonds. The number of carbonyl (C=O) groups is 1. The third-order valence-corrected chi connectivity index (χ3v) is 10.6. The topological polar surface area (TPSA) is 43.1 Å². The van der Waals surface area contributed by atoms with E-state index in [4.69, 9.17) is 5.73 Å². The van der Waals surface area contributed by atoms with Gasteiger partial charge in [-0.05, 0) is 105 Å². The minimum absolute atomic E-state index is 0.0414. The van der Waals surface area contributed by atoms with Crippen LogP contribution < -0.4 is 5.73 Å². The Morgan fingerprint density at radius 3 is 2.61 bits per heavy atom. The normalized spacial score (nSPS) is 46.6. The van der Waals surface area contributed by atoms with Crippen molar-refractivity contribution < 1.29 is 4.79 Å². The first-order valence-electron chi connectivity index (χ1n) is 12.7. The van der Waals surface area contributed by atoms with E-state index in [0.717, 1.165) is 42.6 Å². The maximum Gasteiger partial charge on any atom is 0.139 e. The Balaban J connectivity index is 1.40. The van der Waals surface area contributed by atoms with E-state index in [1.807, 2.05) is 0 Å². The fourth-order valence-corrected chi connectivity index (χ4v) is 8.64. The van der Waals surface area contributed by atoms with Gasteiger partial charge in [0.15, 0.2) is 0 Å². The molecule has 0 aromatic rings. The molecule has 0 aliphatic heterocycles. The monoisotopic (exact) mass is 387 g/mol. The molecule has 0 aromatic carbocycles. The smallest absolute Gasteiger partial charge is 0.139 e. The molecule has 0 aromatic heterocycles. The molecule has 4 saturated carbocycles. The molecule has 4 aliphatic carbocycles. The average molecular weight is 388 g/mol. The first kappa shape index (κ1) is 20.9. The predicted molar refractivity (Wildman–Crippen MR) is 117 cm³/mol. The van der Waals surface area contributed by atoms with Gasteiger partial charge in [0.2, 0.25) is 0 Å². The largest absolute Gasteiger partial charge is 0.330 e. The molecule has 2 nitrogen and oxygen atoms in total. The minimum Gasteiger partial charge on any atom is -0.330 e. The highest BCUT2D eigenvalue weighted by atomic mass is 16.1. The van der Waals surface area contributed by atoms with Gasteiger partial charge in [-0.1, -0.05) is 40.0 Å². The van der Waals surface area contributed by atoms with Crippen molar-refractivity contribution in [1.82, 2.24) is 0 Å². The molecular weight excluding hydrogens is 342 g/mol. The Morgan fingerprint density at radius 2 is 1.86 bits per heavy atom. The highest BCUT2D eigenvalue weighted by Gasteiger charge is 2.60. The Morgan fingerprint density at radius 1 is 1.04 bits per heavy atom. The molecule has 0 radical (unpaired) electrons. The van der Waals surface area contributed by atoms with E-state index in [1.54, 1.807) is 0 Å². The predicted octanol–water partition coefficient (Wildman–Crippen LogP) is 6.37. The Labute approximate surface area is 173 Å². The standard InChI is InChI=1S/C26H45NO/c1-4-18(13-16-27)5-6-19-11-14-25(2)20(17-19)7-8-21-22-9-10-24(28)26(22,3)15-12-23(21)25/h18-23H,4-17,27H2,1-3H3/t18?,19-,20?,21?,22?,23?,25-,26-/m0/s1. The van der Waals surface area contributed by atoms with Crippen molar-refractivity contribution in [2.75, 3.05) is 6.54 Å². The number of ketones is 1. The van der Waals surface area contributed by atoms with Crippen LogP contribution in [0.2, 0.25) is 0 Å². The number of fused-ring (bicyclic) bond motifs is 5. The van der Waals surface area contributed by atoms with Crippen molar-refractivity contribution in [3.63, 3.8) is 0 Å². The third-order valence-electron chi connectivity index (χ3n) is 10.6. The molecular formula is C26H45NO. The van der Waals surface area contributed by atoms with Gasteiger partial charge in [0.1, 0.15) is 5.78 Å². The van der Waals surface area contributed by atoms with Crippen molar-refractivity contribution >= 4 is 5.78 Å². The summed E-state index contributed by atoms with van der Waals surface area (Å²) in [6.45, 7) is 8.17. The quantitative estimate of drug-likeness (QED) is 0.575. The molecule has 4 aliphatic rings. The molecule has 160 valence electrons. The van der Waals surface area contributed by atoms with Gasteiger partial charge >= 0.3 is 0 Å². The zero-order valence-corrected chi connectivity index (χ0v) is 18.8. The molecule has 0 bridgehead atoms. The Bertz CT molecular complexity index is 573. The van der Waals surface area contributed by atoms with Crippen LogP contribution in [0.3, 0.4) is 0 Å². The van der Waals surface area contributed by atoms with E-state index >= 15 is 0 Å². The van der Waals surface area contributed by atoms with E-state index < -0.39 is 0 Å². The van der Waals surface area contributed by atoms with Gasteiger partial charge < -0.3 is 5.73 Å². The van der Waals surface area contributed by atoms with Crippen molar-refractivity contribution in [3.05, 3.63) is 0 Å². The molecule has 5 unspecified atom stereocenters. The fourth-order valence-electron chi connectivity index (χ4n) is 8.64. The summed E-state index contributed by atoms with van der Waals surface area (Å²) in [5.74, 6) is 5.80. The first-order valence-corrected chi connectivity index (χ1v) is 12.7. The number of rotatable bonds is 6.